The lowest BCUT2D eigenvalue weighted by Gasteiger charge is -2.20. The van der Waals surface area contributed by atoms with Gasteiger partial charge in [-0.1, -0.05) is 39.0 Å². The average Bonchev–Trinajstić information content (AvgIpc) is 2.17. The van der Waals surface area contributed by atoms with E-state index in [0.717, 1.165) is 11.6 Å². The minimum absolute atomic E-state index is 0.193. The molecule has 15 heavy (non-hydrogen) atoms. The van der Waals surface area contributed by atoms with Crippen LogP contribution in [0.25, 0.3) is 0 Å². The molecule has 0 N–H and O–H groups in total. The average molecular weight is 209 g/mol. The van der Waals surface area contributed by atoms with Gasteiger partial charge in [0.2, 0.25) is 0 Å². The molecule has 1 aromatic carbocycles. The van der Waals surface area contributed by atoms with Gasteiger partial charge in [0.25, 0.3) is 0 Å². The summed E-state index contributed by atoms with van der Waals surface area (Å²) < 4.78 is 26.2. The first-order valence-electron chi connectivity index (χ1n) is 4.67. The highest BCUT2D eigenvalue weighted by atomic mass is 19.3. The maximum atomic E-state index is 13.1. The molecule has 0 aliphatic carbocycles. The molecular formula is C12H13F2N. The molecule has 0 aliphatic rings. The van der Waals surface area contributed by atoms with Crippen molar-refractivity contribution in [2.45, 2.75) is 32.1 Å². The third-order valence-electron chi connectivity index (χ3n) is 2.23. The molecule has 0 spiro atoms. The Kier molecular flexibility index (Phi) is 2.81. The lowest BCUT2D eigenvalue weighted by molar-refractivity contribution is 0.0611. The molecule has 0 aliphatic heterocycles. The van der Waals surface area contributed by atoms with E-state index < -0.39 is 5.92 Å². The topological polar surface area (TPSA) is 23.8 Å². The first-order valence-corrected chi connectivity index (χ1v) is 4.67. The van der Waals surface area contributed by atoms with Crippen LogP contribution in [0.5, 0.6) is 0 Å². The number of rotatable bonds is 1. The Balaban J connectivity index is 3.22. The third-order valence-corrected chi connectivity index (χ3v) is 2.23. The fourth-order valence-electron chi connectivity index (χ4n) is 1.25. The van der Waals surface area contributed by atoms with Crippen LogP contribution >= 0.6 is 0 Å². The number of nitriles is 1. The summed E-state index contributed by atoms with van der Waals surface area (Å²) in [5.41, 5.74) is 0.369. The van der Waals surface area contributed by atoms with Crippen LogP contribution in [0, 0.1) is 11.3 Å². The van der Waals surface area contributed by atoms with Gasteiger partial charge in [-0.05, 0) is 17.0 Å². The van der Waals surface area contributed by atoms with Crippen molar-refractivity contribution in [3.05, 3.63) is 35.4 Å². The quantitative estimate of drug-likeness (QED) is 0.693. The number of alkyl halides is 2. The predicted molar refractivity (Wildman–Crippen MR) is 54.6 cm³/mol. The summed E-state index contributed by atoms with van der Waals surface area (Å²) in [6.07, 6.45) is 0. The highest BCUT2D eigenvalue weighted by molar-refractivity contribution is 5.33. The first-order chi connectivity index (χ1) is 6.77. The second kappa shape index (κ2) is 3.62. The molecule has 3 heteroatoms. The van der Waals surface area contributed by atoms with E-state index in [-0.39, 0.29) is 11.0 Å². The zero-order chi connectivity index (χ0) is 11.7. The number of hydrogen-bond acceptors (Lipinski definition) is 1. The molecule has 0 atom stereocenters. The van der Waals surface area contributed by atoms with E-state index >= 15 is 0 Å². The highest BCUT2D eigenvalue weighted by Crippen LogP contribution is 2.30. The van der Waals surface area contributed by atoms with Crippen LogP contribution in [0.1, 0.15) is 31.9 Å². The predicted octanol–water partition coefficient (Wildman–Crippen LogP) is 3.60. The van der Waals surface area contributed by atoms with Gasteiger partial charge in [-0.15, -0.1) is 0 Å². The Hall–Kier alpha value is -1.43. The Morgan fingerprint density at radius 3 is 2.13 bits per heavy atom. The smallest absolute Gasteiger partial charge is 0.191 e. The standard InChI is InChI=1S/C12H13F2N/c1-11(2,3)9-5-4-6-10(7-9)12(13,14)8-15/h4-7H,1-3H3. The molecule has 0 saturated heterocycles. The summed E-state index contributed by atoms with van der Waals surface area (Å²) >= 11 is 0. The zero-order valence-electron chi connectivity index (χ0n) is 9.01. The Bertz CT molecular complexity index is 397. The SMILES string of the molecule is CC(C)(C)c1cccc(C(F)(F)C#N)c1. The van der Waals surface area contributed by atoms with Crippen molar-refractivity contribution >= 4 is 0 Å². The van der Waals surface area contributed by atoms with E-state index in [1.807, 2.05) is 20.8 Å². The van der Waals surface area contributed by atoms with Crippen LogP contribution in [-0.4, -0.2) is 0 Å². The lowest BCUT2D eigenvalue weighted by Crippen LogP contribution is -2.15. The molecule has 1 aromatic rings. The fourth-order valence-corrected chi connectivity index (χ4v) is 1.25. The van der Waals surface area contributed by atoms with Gasteiger partial charge in [-0.2, -0.15) is 14.0 Å². The van der Waals surface area contributed by atoms with Crippen molar-refractivity contribution in [1.82, 2.24) is 0 Å². The van der Waals surface area contributed by atoms with Crippen molar-refractivity contribution in [2.24, 2.45) is 0 Å². The van der Waals surface area contributed by atoms with E-state index in [2.05, 4.69) is 0 Å². The molecule has 0 aromatic heterocycles. The summed E-state index contributed by atoms with van der Waals surface area (Å²) in [5.74, 6) is -3.40. The Labute approximate surface area is 88.3 Å². The molecule has 0 heterocycles. The van der Waals surface area contributed by atoms with Crippen molar-refractivity contribution < 1.29 is 8.78 Å². The maximum Gasteiger partial charge on any atom is 0.357 e. The van der Waals surface area contributed by atoms with Crippen LogP contribution in [0.4, 0.5) is 8.78 Å². The van der Waals surface area contributed by atoms with Crippen LogP contribution in [0.3, 0.4) is 0 Å². The van der Waals surface area contributed by atoms with Crippen LogP contribution in [-0.2, 0) is 11.3 Å². The maximum absolute atomic E-state index is 13.1. The minimum atomic E-state index is -3.40. The molecule has 0 radical (unpaired) electrons. The van der Waals surface area contributed by atoms with Gasteiger partial charge < -0.3 is 0 Å². The van der Waals surface area contributed by atoms with Crippen LogP contribution < -0.4 is 0 Å². The minimum Gasteiger partial charge on any atom is -0.191 e. The van der Waals surface area contributed by atoms with E-state index in [1.165, 1.54) is 12.1 Å². The number of benzene rings is 1. The van der Waals surface area contributed by atoms with Crippen molar-refractivity contribution in [3.8, 4) is 6.07 Å². The van der Waals surface area contributed by atoms with Gasteiger partial charge in [-0.3, -0.25) is 0 Å². The number of nitrogens with zero attached hydrogens (tertiary/aromatic N) is 1. The molecule has 0 amide bonds. The molecule has 0 saturated carbocycles. The molecule has 0 bridgehead atoms. The molecule has 0 unspecified atom stereocenters. The number of hydrogen-bond donors (Lipinski definition) is 0. The van der Waals surface area contributed by atoms with Gasteiger partial charge in [0.15, 0.2) is 0 Å². The lowest BCUT2D eigenvalue weighted by atomic mass is 9.85. The first kappa shape index (κ1) is 11.6. The van der Waals surface area contributed by atoms with Gasteiger partial charge in [-0.25, -0.2) is 0 Å². The van der Waals surface area contributed by atoms with Crippen LogP contribution in [0.15, 0.2) is 24.3 Å². The molecule has 80 valence electrons. The van der Waals surface area contributed by atoms with E-state index in [9.17, 15) is 8.78 Å². The Morgan fingerprint density at radius 2 is 1.67 bits per heavy atom. The number of halogens is 2. The van der Waals surface area contributed by atoms with Gasteiger partial charge in [0, 0.05) is 5.56 Å². The summed E-state index contributed by atoms with van der Waals surface area (Å²) in [7, 11) is 0. The van der Waals surface area contributed by atoms with Gasteiger partial charge in [0.1, 0.15) is 6.07 Å². The monoisotopic (exact) mass is 209 g/mol. The van der Waals surface area contributed by atoms with E-state index in [1.54, 1.807) is 12.1 Å². The van der Waals surface area contributed by atoms with Gasteiger partial charge >= 0.3 is 5.92 Å². The third kappa shape index (κ3) is 2.53. The van der Waals surface area contributed by atoms with Gasteiger partial charge in [0.05, 0.1) is 0 Å². The summed E-state index contributed by atoms with van der Waals surface area (Å²) in [5, 5.41) is 8.34. The molecular weight excluding hydrogens is 196 g/mol. The fraction of sp³-hybridized carbons (Fsp3) is 0.417. The summed E-state index contributed by atoms with van der Waals surface area (Å²) in [6.45, 7) is 5.82. The van der Waals surface area contributed by atoms with Crippen LogP contribution in [0.2, 0.25) is 0 Å². The highest BCUT2D eigenvalue weighted by Gasteiger charge is 2.31. The normalized spacial score (nSPS) is 12.3. The van der Waals surface area contributed by atoms with E-state index in [4.69, 9.17) is 5.26 Å². The van der Waals surface area contributed by atoms with Crippen molar-refractivity contribution in [2.75, 3.05) is 0 Å². The van der Waals surface area contributed by atoms with Crippen molar-refractivity contribution in [1.29, 1.82) is 5.26 Å². The zero-order valence-corrected chi connectivity index (χ0v) is 9.01. The summed E-state index contributed by atoms with van der Waals surface area (Å²) in [4.78, 5) is 0. The second-order valence-electron chi connectivity index (χ2n) is 4.52. The molecule has 1 nitrogen and oxygen atoms in total. The van der Waals surface area contributed by atoms with Crippen molar-refractivity contribution in [3.63, 3.8) is 0 Å². The molecule has 0 fully saturated rings. The largest absolute Gasteiger partial charge is 0.357 e. The Morgan fingerprint density at radius 1 is 1.13 bits per heavy atom. The van der Waals surface area contributed by atoms with E-state index in [0.29, 0.717) is 0 Å². The second-order valence-corrected chi connectivity index (χ2v) is 4.52. The summed E-state index contributed by atoms with van der Waals surface area (Å²) in [6, 6.07) is 7.02. The molecule has 1 rings (SSSR count).